The van der Waals surface area contributed by atoms with Crippen molar-refractivity contribution in [3.8, 4) is 22.8 Å². The topological polar surface area (TPSA) is 209 Å². The van der Waals surface area contributed by atoms with Gasteiger partial charge in [-0.1, -0.05) is 24.3 Å². The molecule has 1 N–H and O–H groups in total. The number of pyridine rings is 4. The number of nitrogens with zero attached hydrogens (tertiary/aromatic N) is 4. The summed E-state index contributed by atoms with van der Waals surface area (Å²) < 4.78 is 0. The average molecular weight is 588 g/mol. The van der Waals surface area contributed by atoms with Gasteiger partial charge in [0.15, 0.2) is 0 Å². The van der Waals surface area contributed by atoms with E-state index in [-0.39, 0.29) is 65.0 Å². The Morgan fingerprint density at radius 1 is 0.486 bits per heavy atom. The molecule has 0 radical (unpaired) electrons. The molecule has 4 aromatic rings. The van der Waals surface area contributed by atoms with E-state index in [9.17, 15) is 34.5 Å². The summed E-state index contributed by atoms with van der Waals surface area (Å²) in [5.41, 5.74) is 0.224. The molecule has 37 heavy (non-hydrogen) atoms. The number of hydrogen-bond donors (Lipinski definition) is 1. The first-order valence-electron chi connectivity index (χ1n) is 9.92. The van der Waals surface area contributed by atoms with Crippen molar-refractivity contribution in [2.45, 2.75) is 0 Å². The van der Waals surface area contributed by atoms with Crippen molar-refractivity contribution >= 4 is 23.9 Å². The monoisotopic (exact) mass is 588 g/mol. The zero-order chi connectivity index (χ0) is 26.2. The summed E-state index contributed by atoms with van der Waals surface area (Å²) in [6.07, 6.45) is 0. The minimum atomic E-state index is -1.41. The zero-order valence-corrected chi connectivity index (χ0v) is 20.0. The van der Waals surface area contributed by atoms with Crippen LogP contribution in [-0.2, 0) is 19.5 Å². The summed E-state index contributed by atoms with van der Waals surface area (Å²) in [6.45, 7) is 0. The first kappa shape index (κ1) is 28.3. The largest absolute Gasteiger partial charge is 3.00 e. The van der Waals surface area contributed by atoms with Crippen LogP contribution in [0.15, 0.2) is 72.8 Å². The van der Waals surface area contributed by atoms with Crippen molar-refractivity contribution in [3.63, 3.8) is 0 Å². The molecule has 0 bridgehead atoms. The molecule has 4 rings (SSSR count). The number of hydrogen-bond acceptors (Lipinski definition) is 11. The zero-order valence-electron chi connectivity index (χ0n) is 18.4. The number of rotatable bonds is 6. The van der Waals surface area contributed by atoms with E-state index < -0.39 is 23.9 Å². The van der Waals surface area contributed by atoms with E-state index in [2.05, 4.69) is 19.9 Å². The number of carbonyl (C=O) groups is 4. The summed E-state index contributed by atoms with van der Waals surface area (Å²) in [4.78, 5) is 58.1. The van der Waals surface area contributed by atoms with E-state index in [1.165, 1.54) is 60.7 Å². The second-order valence-electron chi connectivity index (χ2n) is 6.80. The third-order valence-corrected chi connectivity index (χ3v) is 4.37. The van der Waals surface area contributed by atoms with Crippen LogP contribution in [0.5, 0.6) is 0 Å². The summed E-state index contributed by atoms with van der Waals surface area (Å²) in [6, 6.07) is 17.3. The number of carboxylic acid groups (broad SMARTS) is 4. The normalized spacial score (nSPS) is 9.73. The molecule has 0 aliphatic carbocycles. The molecule has 0 spiro atoms. The van der Waals surface area contributed by atoms with Gasteiger partial charge < -0.3 is 34.8 Å². The fraction of sp³-hybridized carbons (Fsp3) is 0. The number of aromatic carboxylic acids is 4. The van der Waals surface area contributed by atoms with E-state index in [4.69, 9.17) is 5.11 Å². The summed E-state index contributed by atoms with van der Waals surface area (Å²) in [5.74, 6) is -5.38. The van der Waals surface area contributed by atoms with E-state index in [1.807, 2.05) is 0 Å². The fourth-order valence-electron chi connectivity index (χ4n) is 2.77. The molecule has 4 aromatic heterocycles. The fourth-order valence-corrected chi connectivity index (χ4v) is 2.77. The van der Waals surface area contributed by atoms with E-state index in [0.29, 0.717) is 0 Å². The molecule has 0 aliphatic rings. The molecule has 0 saturated carbocycles. The van der Waals surface area contributed by atoms with Crippen LogP contribution < -0.4 is 15.3 Å². The minimum Gasteiger partial charge on any atom is -0.543 e. The summed E-state index contributed by atoms with van der Waals surface area (Å²) in [5, 5.41) is 40.8. The number of carbonyl (C=O) groups excluding carboxylic acids is 3. The minimum absolute atomic E-state index is 0. The average Bonchev–Trinajstić information content (AvgIpc) is 2.89. The van der Waals surface area contributed by atoms with Crippen molar-refractivity contribution < 1.29 is 59.1 Å². The maximum atomic E-state index is 10.8. The van der Waals surface area contributed by atoms with E-state index >= 15 is 0 Å². The Morgan fingerprint density at radius 2 is 0.730 bits per heavy atom. The van der Waals surface area contributed by atoms with Crippen LogP contribution in [-0.4, -0.2) is 48.9 Å². The van der Waals surface area contributed by atoms with Gasteiger partial charge in [-0.3, -0.25) is 0 Å². The Labute approximate surface area is 221 Å². The number of aromatic nitrogens is 4. The van der Waals surface area contributed by atoms with Crippen molar-refractivity contribution in [1.82, 2.24) is 19.9 Å². The Kier molecular flexibility index (Phi) is 9.73. The smallest absolute Gasteiger partial charge is 0.543 e. The maximum absolute atomic E-state index is 10.8. The third-order valence-electron chi connectivity index (χ3n) is 4.37. The van der Waals surface area contributed by atoms with Crippen LogP contribution in [0.3, 0.4) is 0 Å². The molecular formula is C24H13N4O8Rh. The molecule has 0 amide bonds. The quantitative estimate of drug-likeness (QED) is 0.271. The van der Waals surface area contributed by atoms with Crippen LogP contribution in [0.25, 0.3) is 22.8 Å². The van der Waals surface area contributed by atoms with Crippen molar-refractivity contribution in [1.29, 1.82) is 0 Å². The van der Waals surface area contributed by atoms with Crippen LogP contribution in [0, 0.1) is 0 Å². The van der Waals surface area contributed by atoms with Gasteiger partial charge in [0.2, 0.25) is 0 Å². The maximum Gasteiger partial charge on any atom is 3.00 e. The van der Waals surface area contributed by atoms with Gasteiger partial charge in [0, 0.05) is 0 Å². The first-order valence-corrected chi connectivity index (χ1v) is 9.92. The van der Waals surface area contributed by atoms with Crippen LogP contribution in [0.2, 0.25) is 0 Å². The van der Waals surface area contributed by atoms with Gasteiger partial charge >= 0.3 is 25.4 Å². The standard InChI is InChI=1S/2C12H8N2O4.Rh/c2*15-11(16)9-5-1-3-7(13-9)8-4-2-6-10(14-8)12(17)18;/h2*1-6H,(H,15,16)(H,17,18);/q;;+3/p-3. The van der Waals surface area contributed by atoms with E-state index in [0.717, 1.165) is 0 Å². The van der Waals surface area contributed by atoms with Gasteiger partial charge in [0.05, 0.1) is 57.8 Å². The number of carboxylic acids is 4. The van der Waals surface area contributed by atoms with Crippen LogP contribution >= 0.6 is 0 Å². The predicted octanol–water partition coefficient (Wildman–Crippen LogP) is -0.927. The van der Waals surface area contributed by atoms with Crippen molar-refractivity contribution in [2.24, 2.45) is 0 Å². The second-order valence-corrected chi connectivity index (χ2v) is 6.80. The van der Waals surface area contributed by atoms with Crippen LogP contribution in [0.4, 0.5) is 0 Å². The van der Waals surface area contributed by atoms with Crippen LogP contribution in [0.1, 0.15) is 42.0 Å². The molecule has 0 unspecified atom stereocenters. The Morgan fingerprint density at radius 3 is 0.973 bits per heavy atom. The first-order chi connectivity index (χ1) is 17.2. The Bertz CT molecular complexity index is 1260. The molecule has 4 heterocycles. The second kappa shape index (κ2) is 12.7. The Hall–Kier alpha value is -4.90. The van der Waals surface area contributed by atoms with Gasteiger partial charge in [0.1, 0.15) is 5.69 Å². The molecule has 12 nitrogen and oxygen atoms in total. The summed E-state index contributed by atoms with van der Waals surface area (Å²) in [7, 11) is 0. The molecule has 0 aromatic carbocycles. The molecule has 0 atom stereocenters. The van der Waals surface area contributed by atoms with Crippen molar-refractivity contribution in [2.75, 3.05) is 0 Å². The molecule has 186 valence electrons. The van der Waals surface area contributed by atoms with Gasteiger partial charge in [-0.15, -0.1) is 0 Å². The van der Waals surface area contributed by atoms with E-state index in [1.54, 1.807) is 12.1 Å². The SMILES string of the molecule is O=C([O-])c1cccc(-c2cccc(C(=O)O)n2)n1.O=C([O-])c1cccc(-c2cccc(C(=O)[O-])n2)n1.[Rh+3]. The third kappa shape index (κ3) is 7.54. The predicted molar refractivity (Wildman–Crippen MR) is 115 cm³/mol. The summed E-state index contributed by atoms with van der Waals surface area (Å²) >= 11 is 0. The molecular weight excluding hydrogens is 575 g/mol. The molecule has 0 saturated heterocycles. The molecule has 0 fully saturated rings. The molecule has 13 heteroatoms. The Balaban J connectivity index is 0.000000253. The van der Waals surface area contributed by atoms with Gasteiger partial charge in [0.25, 0.3) is 0 Å². The molecule has 0 aliphatic heterocycles. The van der Waals surface area contributed by atoms with Gasteiger partial charge in [-0.05, 0) is 48.5 Å². The van der Waals surface area contributed by atoms with Gasteiger partial charge in [-0.2, -0.15) is 0 Å². The van der Waals surface area contributed by atoms with Crippen molar-refractivity contribution in [3.05, 3.63) is 95.6 Å². The van der Waals surface area contributed by atoms with Gasteiger partial charge in [-0.25, -0.2) is 24.7 Å².